The lowest BCUT2D eigenvalue weighted by Gasteiger charge is -2.06. The summed E-state index contributed by atoms with van der Waals surface area (Å²) < 4.78 is 5.47. The molecule has 2 heterocycles. The van der Waals surface area contributed by atoms with Crippen molar-refractivity contribution in [1.29, 1.82) is 0 Å². The number of rotatable bonds is 4. The zero-order valence-electron chi connectivity index (χ0n) is 8.52. The minimum atomic E-state index is 0.437. The molecule has 5 heteroatoms. The normalized spacial score (nSPS) is 10.3. The molecule has 2 aromatic heterocycles. The molecule has 0 unspecified atom stereocenters. The Hall–Kier alpha value is -1.26. The van der Waals surface area contributed by atoms with Gasteiger partial charge < -0.3 is 10.5 Å². The number of hydrogen-bond donors (Lipinski definition) is 1. The Morgan fingerprint density at radius 1 is 1.50 bits per heavy atom. The molecular formula is C11H11ClN2OS. The number of aromatic nitrogens is 1. The number of nitrogen functional groups attached to an aromatic ring is 1. The predicted octanol–water partition coefficient (Wildman–Crippen LogP) is 3.00. The maximum absolute atomic E-state index is 5.93. The van der Waals surface area contributed by atoms with E-state index in [2.05, 4.69) is 11.1 Å². The molecule has 0 saturated carbocycles. The average molecular weight is 255 g/mol. The van der Waals surface area contributed by atoms with E-state index in [1.165, 1.54) is 11.1 Å². The third-order valence-electron chi connectivity index (χ3n) is 2.00. The van der Waals surface area contributed by atoms with Crippen molar-refractivity contribution in [3.05, 3.63) is 39.7 Å². The molecule has 0 aliphatic carbocycles. The monoisotopic (exact) mass is 254 g/mol. The van der Waals surface area contributed by atoms with E-state index in [1.807, 2.05) is 11.4 Å². The van der Waals surface area contributed by atoms with Crippen LogP contribution in [0.15, 0.2) is 29.8 Å². The lowest BCUT2D eigenvalue weighted by molar-refractivity contribution is 0.311. The van der Waals surface area contributed by atoms with E-state index in [1.54, 1.807) is 17.4 Å². The molecule has 0 aliphatic heterocycles. The van der Waals surface area contributed by atoms with Gasteiger partial charge in [-0.25, -0.2) is 4.98 Å². The van der Waals surface area contributed by atoms with Crippen molar-refractivity contribution < 1.29 is 4.74 Å². The summed E-state index contributed by atoms with van der Waals surface area (Å²) in [6.45, 7) is 0.567. The van der Waals surface area contributed by atoms with Gasteiger partial charge in [0, 0.05) is 11.3 Å². The van der Waals surface area contributed by atoms with Gasteiger partial charge in [0.15, 0.2) is 0 Å². The molecule has 0 radical (unpaired) electrons. The Bertz CT molecular complexity index is 459. The second-order valence-electron chi connectivity index (χ2n) is 3.23. The van der Waals surface area contributed by atoms with Crippen LogP contribution >= 0.6 is 22.9 Å². The lowest BCUT2D eigenvalue weighted by atomic mass is 10.4. The smallest absolute Gasteiger partial charge is 0.232 e. The van der Waals surface area contributed by atoms with Gasteiger partial charge in [0.25, 0.3) is 0 Å². The molecule has 0 spiro atoms. The van der Waals surface area contributed by atoms with Gasteiger partial charge in [0.1, 0.15) is 5.02 Å². The average Bonchev–Trinajstić information content (AvgIpc) is 2.74. The van der Waals surface area contributed by atoms with Gasteiger partial charge in [0.2, 0.25) is 5.88 Å². The summed E-state index contributed by atoms with van der Waals surface area (Å²) in [5.74, 6) is 0.437. The molecule has 0 aliphatic rings. The predicted molar refractivity (Wildman–Crippen MR) is 67.2 cm³/mol. The van der Waals surface area contributed by atoms with E-state index in [-0.39, 0.29) is 0 Å². The van der Waals surface area contributed by atoms with E-state index in [0.717, 1.165) is 6.42 Å². The quantitative estimate of drug-likeness (QED) is 0.913. The van der Waals surface area contributed by atoms with Crippen LogP contribution in [0.2, 0.25) is 5.02 Å². The minimum Gasteiger partial charge on any atom is -0.476 e. The first kappa shape index (κ1) is 11.2. The number of thiophene rings is 1. The zero-order valence-corrected chi connectivity index (χ0v) is 10.1. The molecule has 0 aromatic carbocycles. The number of nitrogens with two attached hydrogens (primary N) is 1. The van der Waals surface area contributed by atoms with E-state index >= 15 is 0 Å². The summed E-state index contributed by atoms with van der Waals surface area (Å²) in [4.78, 5) is 5.30. The van der Waals surface area contributed by atoms with Crippen LogP contribution in [0.3, 0.4) is 0 Å². The molecule has 0 bridgehead atoms. The summed E-state index contributed by atoms with van der Waals surface area (Å²) in [6.07, 6.45) is 2.40. The first-order valence-corrected chi connectivity index (χ1v) is 6.07. The van der Waals surface area contributed by atoms with Gasteiger partial charge in [-0.05, 0) is 17.5 Å². The van der Waals surface area contributed by atoms with Gasteiger partial charge in [-0.2, -0.15) is 0 Å². The summed E-state index contributed by atoms with van der Waals surface area (Å²) in [5, 5.41) is 2.50. The van der Waals surface area contributed by atoms with Gasteiger partial charge in [0.05, 0.1) is 18.5 Å². The molecule has 84 valence electrons. The van der Waals surface area contributed by atoms with E-state index in [4.69, 9.17) is 22.1 Å². The minimum absolute atomic E-state index is 0.437. The van der Waals surface area contributed by atoms with Crippen LogP contribution in [0.5, 0.6) is 5.88 Å². The molecule has 3 nitrogen and oxygen atoms in total. The zero-order chi connectivity index (χ0) is 11.4. The largest absolute Gasteiger partial charge is 0.476 e. The van der Waals surface area contributed by atoms with Crippen LogP contribution in [-0.2, 0) is 6.42 Å². The first-order chi connectivity index (χ1) is 7.75. The number of nitrogens with zero attached hydrogens (tertiary/aromatic N) is 1. The Kier molecular flexibility index (Phi) is 3.64. The third kappa shape index (κ3) is 2.87. The standard InChI is InChI=1S/C11H11ClN2OS/c12-10-6-8(13)7-14-11(10)15-4-3-9-2-1-5-16-9/h1-2,5-7H,3-4,13H2. The van der Waals surface area contributed by atoms with Crippen molar-refractivity contribution in [2.75, 3.05) is 12.3 Å². The van der Waals surface area contributed by atoms with Gasteiger partial charge in [-0.15, -0.1) is 11.3 Å². The number of pyridine rings is 1. The summed E-state index contributed by atoms with van der Waals surface area (Å²) >= 11 is 7.64. The second-order valence-corrected chi connectivity index (χ2v) is 4.67. The Labute approximate surface area is 103 Å². The van der Waals surface area contributed by atoms with Crippen molar-refractivity contribution in [3.8, 4) is 5.88 Å². The highest BCUT2D eigenvalue weighted by atomic mass is 35.5. The van der Waals surface area contributed by atoms with Crippen molar-refractivity contribution in [1.82, 2.24) is 4.98 Å². The second kappa shape index (κ2) is 5.18. The SMILES string of the molecule is Nc1cnc(OCCc2cccs2)c(Cl)c1. The number of hydrogen-bond acceptors (Lipinski definition) is 4. The number of ether oxygens (including phenoxy) is 1. The van der Waals surface area contributed by atoms with E-state index < -0.39 is 0 Å². The van der Waals surface area contributed by atoms with Crippen molar-refractivity contribution in [2.45, 2.75) is 6.42 Å². The highest BCUT2D eigenvalue weighted by Gasteiger charge is 2.03. The summed E-state index contributed by atoms with van der Waals surface area (Å²) in [5.41, 5.74) is 6.07. The van der Waals surface area contributed by atoms with Crippen LogP contribution < -0.4 is 10.5 Å². The van der Waals surface area contributed by atoms with Gasteiger partial charge in [-0.1, -0.05) is 17.7 Å². The molecule has 0 saturated heterocycles. The molecule has 2 aromatic rings. The lowest BCUT2D eigenvalue weighted by Crippen LogP contribution is -2.02. The highest BCUT2D eigenvalue weighted by Crippen LogP contribution is 2.23. The third-order valence-corrected chi connectivity index (χ3v) is 3.20. The summed E-state index contributed by atoms with van der Waals surface area (Å²) in [7, 11) is 0. The van der Waals surface area contributed by atoms with Crippen molar-refractivity contribution >= 4 is 28.6 Å². The maximum Gasteiger partial charge on any atom is 0.232 e. The molecule has 0 amide bonds. The molecule has 0 atom stereocenters. The van der Waals surface area contributed by atoms with Crippen molar-refractivity contribution in [3.63, 3.8) is 0 Å². The van der Waals surface area contributed by atoms with Crippen LogP contribution in [0.4, 0.5) is 5.69 Å². The topological polar surface area (TPSA) is 48.1 Å². The molecular weight excluding hydrogens is 244 g/mol. The molecule has 2 rings (SSSR count). The van der Waals surface area contributed by atoms with Crippen LogP contribution in [-0.4, -0.2) is 11.6 Å². The molecule has 2 N–H and O–H groups in total. The van der Waals surface area contributed by atoms with Crippen LogP contribution in [0, 0.1) is 0 Å². The van der Waals surface area contributed by atoms with Crippen LogP contribution in [0.1, 0.15) is 4.88 Å². The van der Waals surface area contributed by atoms with E-state index in [0.29, 0.717) is 23.2 Å². The van der Waals surface area contributed by atoms with E-state index in [9.17, 15) is 0 Å². The van der Waals surface area contributed by atoms with Gasteiger partial charge >= 0.3 is 0 Å². The molecule has 0 fully saturated rings. The Balaban J connectivity index is 1.90. The Morgan fingerprint density at radius 2 is 2.38 bits per heavy atom. The first-order valence-electron chi connectivity index (χ1n) is 4.82. The highest BCUT2D eigenvalue weighted by molar-refractivity contribution is 7.09. The van der Waals surface area contributed by atoms with Crippen molar-refractivity contribution in [2.24, 2.45) is 0 Å². The van der Waals surface area contributed by atoms with Crippen LogP contribution in [0.25, 0.3) is 0 Å². The molecule has 16 heavy (non-hydrogen) atoms. The fourth-order valence-corrected chi connectivity index (χ4v) is 2.17. The van der Waals surface area contributed by atoms with Gasteiger partial charge in [-0.3, -0.25) is 0 Å². The number of anilines is 1. The maximum atomic E-state index is 5.93. The Morgan fingerprint density at radius 3 is 3.06 bits per heavy atom. The number of halogens is 1. The summed E-state index contributed by atoms with van der Waals surface area (Å²) in [6, 6.07) is 5.73. The fourth-order valence-electron chi connectivity index (χ4n) is 1.25. The fraction of sp³-hybridized carbons (Fsp3) is 0.182.